The Morgan fingerprint density at radius 1 is 0.950 bits per heavy atom. The van der Waals surface area contributed by atoms with E-state index in [1.54, 1.807) is 17.6 Å². The Bertz CT molecular complexity index is 847. The summed E-state index contributed by atoms with van der Waals surface area (Å²) >= 11 is 1.68. The Labute approximate surface area is 120 Å². The maximum absolute atomic E-state index is 5.68. The Morgan fingerprint density at radius 2 is 1.85 bits per heavy atom. The highest BCUT2D eigenvalue weighted by molar-refractivity contribution is 7.08. The minimum Gasteiger partial charge on any atom is -0.462 e. The van der Waals surface area contributed by atoms with Gasteiger partial charge in [-0.25, -0.2) is 0 Å². The number of nitrogens with zero attached hydrogens (tertiary/aromatic N) is 1. The predicted molar refractivity (Wildman–Crippen MR) is 82.8 cm³/mol. The molecule has 1 aromatic carbocycles. The molecule has 0 aliphatic carbocycles. The van der Waals surface area contributed by atoms with E-state index in [2.05, 4.69) is 33.9 Å². The molecule has 4 aromatic rings. The fourth-order valence-electron chi connectivity index (χ4n) is 2.33. The Morgan fingerprint density at radius 3 is 2.65 bits per heavy atom. The van der Waals surface area contributed by atoms with Gasteiger partial charge < -0.3 is 4.42 Å². The predicted octanol–water partition coefficient (Wildman–Crippen LogP) is 5.22. The molecular formula is C17H11NOS. The fourth-order valence-corrected chi connectivity index (χ4v) is 2.98. The Balaban J connectivity index is 1.87. The second-order valence-corrected chi connectivity index (χ2v) is 5.38. The summed E-state index contributed by atoms with van der Waals surface area (Å²) in [6, 6.07) is 14.3. The van der Waals surface area contributed by atoms with Crippen LogP contribution in [0.1, 0.15) is 0 Å². The number of pyridine rings is 1. The molecule has 3 heteroatoms. The maximum Gasteiger partial charge on any atom is 0.153 e. The number of fused-ring (bicyclic) bond motifs is 1. The minimum absolute atomic E-state index is 0.826. The number of thiophene rings is 1. The first-order valence-electron chi connectivity index (χ1n) is 6.37. The number of furan rings is 1. The van der Waals surface area contributed by atoms with Crippen molar-refractivity contribution >= 4 is 22.4 Å². The number of hydrogen-bond donors (Lipinski definition) is 0. The molecule has 0 spiro atoms. The van der Waals surface area contributed by atoms with Gasteiger partial charge in [0.05, 0.1) is 0 Å². The lowest BCUT2D eigenvalue weighted by atomic mass is 10.1. The number of hydrogen-bond acceptors (Lipinski definition) is 3. The van der Waals surface area contributed by atoms with E-state index in [-0.39, 0.29) is 0 Å². The molecule has 0 unspecified atom stereocenters. The van der Waals surface area contributed by atoms with E-state index >= 15 is 0 Å². The zero-order chi connectivity index (χ0) is 13.4. The van der Waals surface area contributed by atoms with Crippen LogP contribution in [0.5, 0.6) is 0 Å². The maximum atomic E-state index is 5.68. The SMILES string of the molecule is c1ccc(-c2cnc3c(-c4ccsc4)coc3c2)cc1. The van der Waals surface area contributed by atoms with E-state index in [1.165, 1.54) is 0 Å². The van der Waals surface area contributed by atoms with Gasteiger partial charge >= 0.3 is 0 Å². The van der Waals surface area contributed by atoms with Crippen molar-refractivity contribution in [1.29, 1.82) is 0 Å². The van der Waals surface area contributed by atoms with Gasteiger partial charge in [0, 0.05) is 17.3 Å². The van der Waals surface area contributed by atoms with Crippen LogP contribution >= 0.6 is 11.3 Å². The van der Waals surface area contributed by atoms with Crippen molar-refractivity contribution in [3.63, 3.8) is 0 Å². The smallest absolute Gasteiger partial charge is 0.153 e. The van der Waals surface area contributed by atoms with E-state index in [9.17, 15) is 0 Å². The van der Waals surface area contributed by atoms with Crippen LogP contribution in [-0.2, 0) is 0 Å². The van der Waals surface area contributed by atoms with E-state index in [1.807, 2.05) is 30.5 Å². The average Bonchev–Trinajstić information content (AvgIpc) is 3.16. The zero-order valence-electron chi connectivity index (χ0n) is 10.6. The molecule has 0 radical (unpaired) electrons. The van der Waals surface area contributed by atoms with Crippen molar-refractivity contribution in [2.24, 2.45) is 0 Å². The Kier molecular flexibility index (Phi) is 2.64. The highest BCUT2D eigenvalue weighted by Gasteiger charge is 2.11. The van der Waals surface area contributed by atoms with E-state index in [4.69, 9.17) is 4.42 Å². The lowest BCUT2D eigenvalue weighted by Crippen LogP contribution is -1.81. The molecule has 0 atom stereocenters. The third-order valence-corrected chi connectivity index (χ3v) is 4.03. The molecule has 0 saturated carbocycles. The topological polar surface area (TPSA) is 26.0 Å². The molecule has 0 amide bonds. The first kappa shape index (κ1) is 11.4. The average molecular weight is 277 g/mol. The first-order valence-corrected chi connectivity index (χ1v) is 7.31. The van der Waals surface area contributed by atoms with Gasteiger partial charge in [-0.3, -0.25) is 4.98 Å². The van der Waals surface area contributed by atoms with E-state index in [0.29, 0.717) is 0 Å². The largest absolute Gasteiger partial charge is 0.462 e. The summed E-state index contributed by atoms with van der Waals surface area (Å²) in [5.74, 6) is 0. The van der Waals surface area contributed by atoms with Crippen LogP contribution in [0.3, 0.4) is 0 Å². The van der Waals surface area contributed by atoms with Gasteiger partial charge in [-0.1, -0.05) is 30.3 Å². The standard InChI is InChI=1S/C17H11NOS/c1-2-4-12(5-3-1)14-8-16-17(18-9-14)15(10-19-16)13-6-7-20-11-13/h1-11H. The summed E-state index contributed by atoms with van der Waals surface area (Å²) in [5.41, 5.74) is 6.19. The summed E-state index contributed by atoms with van der Waals surface area (Å²) in [6.45, 7) is 0. The monoisotopic (exact) mass is 277 g/mol. The number of rotatable bonds is 2. The van der Waals surface area contributed by atoms with Crippen LogP contribution in [0.25, 0.3) is 33.4 Å². The second kappa shape index (κ2) is 4.62. The van der Waals surface area contributed by atoms with Gasteiger partial charge in [-0.2, -0.15) is 11.3 Å². The van der Waals surface area contributed by atoms with Crippen molar-refractivity contribution in [2.75, 3.05) is 0 Å². The molecule has 0 fully saturated rings. The lowest BCUT2D eigenvalue weighted by molar-refractivity contribution is 0.616. The van der Waals surface area contributed by atoms with Gasteiger partial charge in [-0.15, -0.1) is 0 Å². The lowest BCUT2D eigenvalue weighted by Gasteiger charge is -2.00. The van der Waals surface area contributed by atoms with Crippen molar-refractivity contribution < 1.29 is 4.42 Å². The molecule has 0 bridgehead atoms. The van der Waals surface area contributed by atoms with Crippen LogP contribution in [0.2, 0.25) is 0 Å². The Hall–Kier alpha value is -2.39. The molecule has 0 saturated heterocycles. The van der Waals surface area contributed by atoms with Gasteiger partial charge in [-0.05, 0) is 34.0 Å². The number of benzene rings is 1. The molecule has 0 aliphatic heterocycles. The summed E-state index contributed by atoms with van der Waals surface area (Å²) in [4.78, 5) is 4.58. The van der Waals surface area contributed by atoms with Crippen molar-refractivity contribution in [2.45, 2.75) is 0 Å². The zero-order valence-corrected chi connectivity index (χ0v) is 11.4. The highest BCUT2D eigenvalue weighted by Crippen LogP contribution is 2.32. The first-order chi connectivity index (χ1) is 9.92. The van der Waals surface area contributed by atoms with Crippen LogP contribution in [-0.4, -0.2) is 4.98 Å². The summed E-state index contributed by atoms with van der Waals surface area (Å²) in [5, 5.41) is 4.17. The van der Waals surface area contributed by atoms with Crippen LogP contribution in [0.4, 0.5) is 0 Å². The fraction of sp³-hybridized carbons (Fsp3) is 0. The normalized spacial score (nSPS) is 11.0. The molecule has 0 aliphatic rings. The quantitative estimate of drug-likeness (QED) is 0.502. The van der Waals surface area contributed by atoms with E-state index in [0.717, 1.165) is 33.4 Å². The third-order valence-electron chi connectivity index (χ3n) is 3.35. The van der Waals surface area contributed by atoms with Crippen molar-refractivity contribution in [1.82, 2.24) is 4.98 Å². The molecule has 3 heterocycles. The number of aromatic nitrogens is 1. The summed E-state index contributed by atoms with van der Waals surface area (Å²) in [6.07, 6.45) is 3.69. The molecule has 20 heavy (non-hydrogen) atoms. The van der Waals surface area contributed by atoms with Gasteiger partial charge in [0.25, 0.3) is 0 Å². The second-order valence-electron chi connectivity index (χ2n) is 4.60. The van der Waals surface area contributed by atoms with Gasteiger partial charge in [0.2, 0.25) is 0 Å². The third kappa shape index (κ3) is 1.84. The van der Waals surface area contributed by atoms with Crippen molar-refractivity contribution in [3.05, 3.63) is 65.7 Å². The summed E-state index contributed by atoms with van der Waals surface area (Å²) < 4.78 is 5.68. The minimum atomic E-state index is 0.826. The van der Waals surface area contributed by atoms with E-state index < -0.39 is 0 Å². The molecule has 3 aromatic heterocycles. The molecule has 4 rings (SSSR count). The summed E-state index contributed by atoms with van der Waals surface area (Å²) in [7, 11) is 0. The van der Waals surface area contributed by atoms with Crippen molar-refractivity contribution in [3.8, 4) is 22.3 Å². The van der Waals surface area contributed by atoms with Crippen LogP contribution in [0, 0.1) is 0 Å². The molecule has 0 N–H and O–H groups in total. The van der Waals surface area contributed by atoms with Gasteiger partial charge in [0.15, 0.2) is 5.58 Å². The van der Waals surface area contributed by atoms with Crippen LogP contribution < -0.4 is 0 Å². The van der Waals surface area contributed by atoms with Gasteiger partial charge in [0.1, 0.15) is 11.8 Å². The van der Waals surface area contributed by atoms with Crippen LogP contribution in [0.15, 0.2) is 70.1 Å². The molecule has 96 valence electrons. The highest BCUT2D eigenvalue weighted by atomic mass is 32.1. The molecular weight excluding hydrogens is 266 g/mol. The molecule has 2 nitrogen and oxygen atoms in total.